The molecule has 6 heteroatoms. The van der Waals surface area contributed by atoms with Crippen LogP contribution in [0, 0.1) is 11.8 Å². The number of carbonyl (C=O) groups is 1. The maximum atomic E-state index is 12.7. The van der Waals surface area contributed by atoms with E-state index in [0.29, 0.717) is 13.2 Å². The number of hydrogen-bond donors (Lipinski definition) is 0. The van der Waals surface area contributed by atoms with Crippen LogP contribution in [0.15, 0.2) is 36.9 Å². The summed E-state index contributed by atoms with van der Waals surface area (Å²) in [5, 5.41) is 0. The van der Waals surface area contributed by atoms with Crippen LogP contribution in [0.2, 0.25) is 0 Å². The van der Waals surface area contributed by atoms with Crippen molar-refractivity contribution >= 4 is 5.91 Å². The van der Waals surface area contributed by atoms with Gasteiger partial charge in [0, 0.05) is 43.5 Å². The van der Waals surface area contributed by atoms with Gasteiger partial charge in [0.15, 0.2) is 0 Å². The van der Waals surface area contributed by atoms with Crippen molar-refractivity contribution in [3.05, 3.63) is 42.7 Å². The van der Waals surface area contributed by atoms with Crippen LogP contribution in [0.3, 0.4) is 0 Å². The normalized spacial score (nSPS) is 20.8. The van der Waals surface area contributed by atoms with E-state index in [4.69, 9.17) is 4.74 Å². The molecule has 2 aromatic heterocycles. The Morgan fingerprint density at radius 1 is 1.29 bits per heavy atom. The molecule has 0 spiro atoms. The fourth-order valence-corrected chi connectivity index (χ4v) is 3.37. The van der Waals surface area contributed by atoms with Gasteiger partial charge in [-0.3, -0.25) is 9.78 Å². The van der Waals surface area contributed by atoms with Gasteiger partial charge in [-0.15, -0.1) is 0 Å². The average Bonchev–Trinajstić information content (AvgIpc) is 2.90. The van der Waals surface area contributed by atoms with Gasteiger partial charge in [0.2, 0.25) is 5.91 Å². The Morgan fingerprint density at radius 2 is 2.21 bits per heavy atom. The first kappa shape index (κ1) is 15.2. The molecule has 0 bridgehead atoms. The van der Waals surface area contributed by atoms with Crippen LogP contribution in [0.25, 0.3) is 0 Å². The second-order valence-corrected chi connectivity index (χ2v) is 6.71. The van der Waals surface area contributed by atoms with Gasteiger partial charge in [0.1, 0.15) is 11.6 Å². The Balaban J connectivity index is 1.47. The number of hydrogen-bond acceptors (Lipinski definition) is 4. The molecule has 1 atom stereocenters. The van der Waals surface area contributed by atoms with E-state index >= 15 is 0 Å². The first-order valence-corrected chi connectivity index (χ1v) is 8.61. The highest BCUT2D eigenvalue weighted by molar-refractivity contribution is 5.79. The SMILES string of the molecule is O=C(C1CCC1)N1Cc2nccn2CC(COc2cccnc2)C1. The number of pyridine rings is 1. The predicted molar refractivity (Wildman–Crippen MR) is 88.2 cm³/mol. The molecule has 0 aromatic carbocycles. The predicted octanol–water partition coefficient (Wildman–Crippen LogP) is 2.12. The molecule has 3 heterocycles. The van der Waals surface area contributed by atoms with Gasteiger partial charge in [-0.05, 0) is 25.0 Å². The number of imidazole rings is 1. The summed E-state index contributed by atoms with van der Waals surface area (Å²) in [7, 11) is 0. The second-order valence-electron chi connectivity index (χ2n) is 6.71. The molecule has 4 rings (SSSR count). The Labute approximate surface area is 141 Å². The molecule has 6 nitrogen and oxygen atoms in total. The first-order chi connectivity index (χ1) is 11.8. The Hall–Kier alpha value is -2.37. The van der Waals surface area contributed by atoms with Gasteiger partial charge >= 0.3 is 0 Å². The van der Waals surface area contributed by atoms with Crippen LogP contribution in [0.5, 0.6) is 5.75 Å². The minimum absolute atomic E-state index is 0.214. The zero-order valence-electron chi connectivity index (χ0n) is 13.7. The Kier molecular flexibility index (Phi) is 4.19. The van der Waals surface area contributed by atoms with Gasteiger partial charge in [0.25, 0.3) is 0 Å². The molecule has 1 amide bonds. The summed E-state index contributed by atoms with van der Waals surface area (Å²) in [6, 6.07) is 3.77. The maximum absolute atomic E-state index is 12.7. The summed E-state index contributed by atoms with van der Waals surface area (Å²) in [6.45, 7) is 2.71. The van der Waals surface area contributed by atoms with Gasteiger partial charge in [-0.1, -0.05) is 6.42 Å². The largest absolute Gasteiger partial charge is 0.492 e. The van der Waals surface area contributed by atoms with Crippen LogP contribution in [-0.4, -0.2) is 38.5 Å². The number of rotatable bonds is 4. The molecular weight excluding hydrogens is 304 g/mol. The molecule has 1 fully saturated rings. The molecule has 2 aliphatic rings. The van der Waals surface area contributed by atoms with E-state index in [2.05, 4.69) is 14.5 Å². The Bertz CT molecular complexity index is 696. The third-order valence-corrected chi connectivity index (χ3v) is 4.95. The van der Waals surface area contributed by atoms with Crippen LogP contribution < -0.4 is 4.74 Å². The van der Waals surface area contributed by atoms with E-state index in [1.165, 1.54) is 6.42 Å². The highest BCUT2D eigenvalue weighted by Crippen LogP contribution is 2.30. The van der Waals surface area contributed by atoms with Crippen LogP contribution >= 0.6 is 0 Å². The van der Waals surface area contributed by atoms with E-state index in [0.717, 1.165) is 37.5 Å². The molecule has 0 radical (unpaired) electrons. The zero-order chi connectivity index (χ0) is 16.4. The summed E-state index contributed by atoms with van der Waals surface area (Å²) >= 11 is 0. The highest BCUT2D eigenvalue weighted by Gasteiger charge is 2.33. The molecular formula is C18H22N4O2. The molecule has 1 saturated carbocycles. The van der Waals surface area contributed by atoms with Crippen molar-refractivity contribution in [2.24, 2.45) is 11.8 Å². The quantitative estimate of drug-likeness (QED) is 0.863. The van der Waals surface area contributed by atoms with Crippen molar-refractivity contribution in [2.45, 2.75) is 32.4 Å². The number of fused-ring (bicyclic) bond motifs is 1. The topological polar surface area (TPSA) is 60.2 Å². The van der Waals surface area contributed by atoms with E-state index in [-0.39, 0.29) is 17.7 Å². The molecule has 2 aromatic rings. The number of amides is 1. The van der Waals surface area contributed by atoms with Gasteiger partial charge in [-0.25, -0.2) is 4.98 Å². The summed E-state index contributed by atoms with van der Waals surface area (Å²) in [5.74, 6) is 2.47. The molecule has 1 aliphatic heterocycles. The molecule has 1 aliphatic carbocycles. The minimum Gasteiger partial charge on any atom is -0.492 e. The standard InChI is InChI=1S/C18H22N4O2/c23-18(15-3-1-4-15)22-11-14(10-21-8-7-20-17(21)12-22)13-24-16-5-2-6-19-9-16/h2,5-9,14-15H,1,3-4,10-13H2. The van der Waals surface area contributed by atoms with E-state index in [1.54, 1.807) is 12.4 Å². The van der Waals surface area contributed by atoms with E-state index in [9.17, 15) is 4.79 Å². The Morgan fingerprint density at radius 3 is 2.96 bits per heavy atom. The van der Waals surface area contributed by atoms with Crippen molar-refractivity contribution in [2.75, 3.05) is 13.2 Å². The summed E-state index contributed by atoms with van der Waals surface area (Å²) in [4.78, 5) is 23.2. The summed E-state index contributed by atoms with van der Waals surface area (Å²) in [5.41, 5.74) is 0. The van der Waals surface area contributed by atoms with Crippen LogP contribution in [0.1, 0.15) is 25.1 Å². The maximum Gasteiger partial charge on any atom is 0.226 e. The molecule has 0 saturated heterocycles. The van der Waals surface area contributed by atoms with Crippen molar-refractivity contribution in [1.82, 2.24) is 19.4 Å². The second kappa shape index (κ2) is 6.63. The van der Waals surface area contributed by atoms with Gasteiger partial charge in [0.05, 0.1) is 19.3 Å². The number of carbonyl (C=O) groups excluding carboxylic acids is 1. The van der Waals surface area contributed by atoms with Gasteiger partial charge in [-0.2, -0.15) is 0 Å². The molecule has 126 valence electrons. The third kappa shape index (κ3) is 3.13. The number of ether oxygens (including phenoxy) is 1. The van der Waals surface area contributed by atoms with E-state index < -0.39 is 0 Å². The number of aromatic nitrogens is 3. The van der Waals surface area contributed by atoms with Crippen LogP contribution in [-0.2, 0) is 17.9 Å². The lowest BCUT2D eigenvalue weighted by atomic mass is 9.84. The first-order valence-electron chi connectivity index (χ1n) is 8.61. The fourth-order valence-electron chi connectivity index (χ4n) is 3.37. The summed E-state index contributed by atoms with van der Waals surface area (Å²) in [6.07, 6.45) is 10.5. The molecule has 1 unspecified atom stereocenters. The summed E-state index contributed by atoms with van der Waals surface area (Å²) < 4.78 is 8.03. The smallest absolute Gasteiger partial charge is 0.226 e. The fraction of sp³-hybridized carbons (Fsp3) is 0.500. The lowest BCUT2D eigenvalue weighted by Gasteiger charge is -2.32. The lowest BCUT2D eigenvalue weighted by Crippen LogP contribution is -2.41. The number of nitrogens with zero attached hydrogens (tertiary/aromatic N) is 4. The molecule has 0 N–H and O–H groups in total. The van der Waals surface area contributed by atoms with Crippen molar-refractivity contribution < 1.29 is 9.53 Å². The highest BCUT2D eigenvalue weighted by atomic mass is 16.5. The third-order valence-electron chi connectivity index (χ3n) is 4.95. The minimum atomic E-state index is 0.214. The average molecular weight is 326 g/mol. The van der Waals surface area contributed by atoms with Gasteiger partial charge < -0.3 is 14.2 Å². The zero-order valence-corrected chi connectivity index (χ0v) is 13.7. The molecule has 24 heavy (non-hydrogen) atoms. The monoisotopic (exact) mass is 326 g/mol. The van der Waals surface area contributed by atoms with Crippen molar-refractivity contribution in [1.29, 1.82) is 0 Å². The van der Waals surface area contributed by atoms with Crippen molar-refractivity contribution in [3.63, 3.8) is 0 Å². The van der Waals surface area contributed by atoms with E-state index in [1.807, 2.05) is 29.4 Å². The van der Waals surface area contributed by atoms with Crippen molar-refractivity contribution in [3.8, 4) is 5.75 Å². The van der Waals surface area contributed by atoms with Crippen LogP contribution in [0.4, 0.5) is 0 Å². The lowest BCUT2D eigenvalue weighted by molar-refractivity contribution is -0.139.